The molecule has 3 amide bonds. The van der Waals surface area contributed by atoms with Crippen LogP contribution < -0.4 is 10.1 Å². The van der Waals surface area contributed by atoms with Gasteiger partial charge in [-0.15, -0.1) is 0 Å². The topological polar surface area (TPSA) is 88.2 Å². The molecule has 186 valence electrons. The van der Waals surface area contributed by atoms with E-state index in [1.54, 1.807) is 65.4 Å². The van der Waals surface area contributed by atoms with Crippen molar-refractivity contribution >= 4 is 17.7 Å². The summed E-state index contributed by atoms with van der Waals surface area (Å²) in [6.45, 7) is 4.89. The number of likely N-dealkylation sites (tertiary alicyclic amines) is 1. The van der Waals surface area contributed by atoms with E-state index in [0.717, 1.165) is 6.42 Å². The highest BCUT2D eigenvalue weighted by atomic mass is 16.5. The molecule has 2 atom stereocenters. The Balaban J connectivity index is 1.55. The van der Waals surface area contributed by atoms with Crippen molar-refractivity contribution in [2.75, 3.05) is 26.8 Å². The van der Waals surface area contributed by atoms with E-state index in [2.05, 4.69) is 5.32 Å². The number of carbonyl (C=O) groups is 3. The van der Waals surface area contributed by atoms with Crippen LogP contribution in [0.1, 0.15) is 53.8 Å². The largest absolute Gasteiger partial charge is 0.497 e. The Hall–Kier alpha value is -3.39. The third-order valence-corrected chi connectivity index (χ3v) is 6.95. The number of piperidine rings is 1. The van der Waals surface area contributed by atoms with Gasteiger partial charge in [-0.3, -0.25) is 19.3 Å². The van der Waals surface area contributed by atoms with Crippen molar-refractivity contribution in [2.24, 2.45) is 0 Å². The SMILES string of the molecule is CC[C@H](C)NC(=O)[C@@H]1COC2(CCN(C(=O)c3cccc(OC)c3)CC2)N1C(=O)c1ccccc1. The van der Waals surface area contributed by atoms with Gasteiger partial charge in [-0.25, -0.2) is 0 Å². The molecule has 2 aliphatic rings. The summed E-state index contributed by atoms with van der Waals surface area (Å²) in [5.41, 5.74) is 0.125. The molecule has 1 N–H and O–H groups in total. The van der Waals surface area contributed by atoms with E-state index in [9.17, 15) is 14.4 Å². The first-order valence-corrected chi connectivity index (χ1v) is 12.1. The third-order valence-electron chi connectivity index (χ3n) is 6.95. The first kappa shape index (κ1) is 24.7. The zero-order valence-corrected chi connectivity index (χ0v) is 20.5. The molecular formula is C27H33N3O5. The number of benzene rings is 2. The molecule has 0 saturated carbocycles. The number of hydrogen-bond donors (Lipinski definition) is 1. The molecule has 4 rings (SSSR count). The number of amides is 3. The van der Waals surface area contributed by atoms with Crippen molar-refractivity contribution in [1.29, 1.82) is 0 Å². The number of ether oxygens (including phenoxy) is 2. The van der Waals surface area contributed by atoms with Crippen LogP contribution in [0.4, 0.5) is 0 Å². The Morgan fingerprint density at radius 2 is 1.74 bits per heavy atom. The second-order valence-corrected chi connectivity index (χ2v) is 9.16. The number of rotatable bonds is 6. The van der Waals surface area contributed by atoms with Crippen molar-refractivity contribution in [3.8, 4) is 5.75 Å². The molecule has 0 aliphatic carbocycles. The second kappa shape index (κ2) is 10.5. The molecule has 0 unspecified atom stereocenters. The lowest BCUT2D eigenvalue weighted by Crippen LogP contribution is -2.60. The molecule has 0 aromatic heterocycles. The molecular weight excluding hydrogens is 446 g/mol. The van der Waals surface area contributed by atoms with Crippen LogP contribution in [0.2, 0.25) is 0 Å². The fourth-order valence-electron chi connectivity index (χ4n) is 4.73. The Kier molecular flexibility index (Phi) is 7.40. The van der Waals surface area contributed by atoms with Crippen LogP contribution in [0, 0.1) is 0 Å². The molecule has 2 saturated heterocycles. The molecule has 8 heteroatoms. The number of carbonyl (C=O) groups excluding carboxylic acids is 3. The van der Waals surface area contributed by atoms with Gasteiger partial charge in [0.2, 0.25) is 5.91 Å². The van der Waals surface area contributed by atoms with E-state index in [4.69, 9.17) is 9.47 Å². The smallest absolute Gasteiger partial charge is 0.256 e. The summed E-state index contributed by atoms with van der Waals surface area (Å²) in [6, 6.07) is 15.3. The van der Waals surface area contributed by atoms with Gasteiger partial charge in [0.15, 0.2) is 0 Å². The lowest BCUT2D eigenvalue weighted by Gasteiger charge is -2.44. The molecule has 2 fully saturated rings. The minimum absolute atomic E-state index is 0.00457. The fraction of sp³-hybridized carbons (Fsp3) is 0.444. The fourth-order valence-corrected chi connectivity index (χ4v) is 4.73. The van der Waals surface area contributed by atoms with Crippen LogP contribution in [0.3, 0.4) is 0 Å². The van der Waals surface area contributed by atoms with E-state index in [1.165, 1.54) is 0 Å². The molecule has 2 heterocycles. The van der Waals surface area contributed by atoms with Gasteiger partial charge in [0, 0.05) is 43.1 Å². The molecule has 2 aliphatic heterocycles. The molecule has 1 spiro atoms. The number of nitrogens with zero attached hydrogens (tertiary/aromatic N) is 2. The summed E-state index contributed by atoms with van der Waals surface area (Å²) in [4.78, 5) is 43.3. The summed E-state index contributed by atoms with van der Waals surface area (Å²) in [7, 11) is 1.57. The monoisotopic (exact) mass is 479 g/mol. The van der Waals surface area contributed by atoms with Gasteiger partial charge in [-0.2, -0.15) is 0 Å². The van der Waals surface area contributed by atoms with E-state index in [0.29, 0.717) is 42.8 Å². The first-order chi connectivity index (χ1) is 16.9. The normalized spacial score (nSPS) is 19.9. The van der Waals surface area contributed by atoms with E-state index < -0.39 is 11.8 Å². The number of hydrogen-bond acceptors (Lipinski definition) is 5. The van der Waals surface area contributed by atoms with Gasteiger partial charge >= 0.3 is 0 Å². The molecule has 2 aromatic carbocycles. The average Bonchev–Trinajstić information content (AvgIpc) is 3.27. The standard InChI is InChI=1S/C27H33N3O5/c1-4-19(2)28-24(31)23-18-35-27(30(23)26(33)20-9-6-5-7-10-20)13-15-29(16-14-27)25(32)21-11-8-12-22(17-21)34-3/h5-12,17,19,23H,4,13-16,18H2,1-3H3,(H,28,31)/t19-,23-/m0/s1. The predicted octanol–water partition coefficient (Wildman–Crippen LogP) is 3.08. The van der Waals surface area contributed by atoms with Gasteiger partial charge in [0.25, 0.3) is 11.8 Å². The van der Waals surface area contributed by atoms with Crippen LogP contribution in [0.15, 0.2) is 54.6 Å². The van der Waals surface area contributed by atoms with Crippen molar-refractivity contribution in [2.45, 2.75) is 50.9 Å². The van der Waals surface area contributed by atoms with Crippen LogP contribution in [-0.4, -0.2) is 72.1 Å². The number of methoxy groups -OCH3 is 1. The average molecular weight is 480 g/mol. The van der Waals surface area contributed by atoms with Crippen molar-refractivity contribution < 1.29 is 23.9 Å². The Labute approximate surface area is 206 Å². The zero-order valence-electron chi connectivity index (χ0n) is 20.5. The molecule has 2 aromatic rings. The minimum atomic E-state index is -0.935. The van der Waals surface area contributed by atoms with Crippen molar-refractivity contribution in [3.63, 3.8) is 0 Å². The molecule has 35 heavy (non-hydrogen) atoms. The first-order valence-electron chi connectivity index (χ1n) is 12.1. The van der Waals surface area contributed by atoms with Crippen LogP contribution in [0.5, 0.6) is 5.75 Å². The predicted molar refractivity (Wildman–Crippen MR) is 131 cm³/mol. The zero-order chi connectivity index (χ0) is 25.0. The van der Waals surface area contributed by atoms with Crippen LogP contribution in [-0.2, 0) is 9.53 Å². The number of nitrogens with one attached hydrogen (secondary N) is 1. The quantitative estimate of drug-likeness (QED) is 0.688. The summed E-state index contributed by atoms with van der Waals surface area (Å²) in [5.74, 6) is 0.0809. The summed E-state index contributed by atoms with van der Waals surface area (Å²) in [5, 5.41) is 3.00. The minimum Gasteiger partial charge on any atom is -0.497 e. The lowest BCUT2D eigenvalue weighted by atomic mass is 9.96. The summed E-state index contributed by atoms with van der Waals surface area (Å²) in [6.07, 6.45) is 1.64. The van der Waals surface area contributed by atoms with Crippen molar-refractivity contribution in [3.05, 3.63) is 65.7 Å². The summed E-state index contributed by atoms with van der Waals surface area (Å²) >= 11 is 0. The molecule has 0 bridgehead atoms. The molecule has 8 nitrogen and oxygen atoms in total. The van der Waals surface area contributed by atoms with Gasteiger partial charge in [-0.1, -0.05) is 31.2 Å². The Morgan fingerprint density at radius 3 is 2.40 bits per heavy atom. The lowest BCUT2D eigenvalue weighted by molar-refractivity contribution is -0.128. The Morgan fingerprint density at radius 1 is 1.06 bits per heavy atom. The highest BCUT2D eigenvalue weighted by Crippen LogP contribution is 2.39. The van der Waals surface area contributed by atoms with Crippen LogP contribution in [0.25, 0.3) is 0 Å². The van der Waals surface area contributed by atoms with Gasteiger partial charge < -0.3 is 19.7 Å². The van der Waals surface area contributed by atoms with E-state index in [-0.39, 0.29) is 30.4 Å². The highest BCUT2D eigenvalue weighted by Gasteiger charge is 2.54. The van der Waals surface area contributed by atoms with E-state index in [1.807, 2.05) is 19.9 Å². The maximum atomic E-state index is 13.7. The van der Waals surface area contributed by atoms with Gasteiger partial charge in [0.1, 0.15) is 17.5 Å². The van der Waals surface area contributed by atoms with Crippen LogP contribution >= 0.6 is 0 Å². The highest BCUT2D eigenvalue weighted by molar-refractivity contribution is 5.98. The maximum absolute atomic E-state index is 13.7. The van der Waals surface area contributed by atoms with E-state index >= 15 is 0 Å². The third kappa shape index (κ3) is 5.03. The van der Waals surface area contributed by atoms with Gasteiger partial charge in [-0.05, 0) is 43.7 Å². The van der Waals surface area contributed by atoms with Crippen molar-refractivity contribution in [1.82, 2.24) is 15.1 Å². The maximum Gasteiger partial charge on any atom is 0.256 e. The summed E-state index contributed by atoms with van der Waals surface area (Å²) < 4.78 is 11.5. The Bertz CT molecular complexity index is 1070. The van der Waals surface area contributed by atoms with Gasteiger partial charge in [0.05, 0.1) is 13.7 Å². The molecule has 0 radical (unpaired) electrons. The second-order valence-electron chi connectivity index (χ2n) is 9.16.